The molecule has 154 valence electrons. The zero-order chi connectivity index (χ0) is 22.7. The summed E-state index contributed by atoms with van der Waals surface area (Å²) < 4.78 is 0. The predicted molar refractivity (Wildman–Crippen MR) is 126 cm³/mol. The normalized spacial score (nSPS) is 10.8. The molecule has 2 aromatic heterocycles. The maximum atomic E-state index is 8.92. The van der Waals surface area contributed by atoms with Crippen LogP contribution in [0.4, 0.5) is 17.5 Å². The topological polar surface area (TPSA) is 124 Å². The quantitative estimate of drug-likeness (QED) is 0.445. The van der Waals surface area contributed by atoms with Crippen molar-refractivity contribution in [3.8, 4) is 23.3 Å². The number of pyridine rings is 1. The van der Waals surface area contributed by atoms with E-state index >= 15 is 0 Å². The third kappa shape index (κ3) is 3.96. The number of aryl methyl sites for hydroxylation is 2. The number of para-hydroxylation sites is 1. The molecular weight excluding hydrogens is 398 g/mol. The van der Waals surface area contributed by atoms with Crippen LogP contribution in [0.5, 0.6) is 0 Å². The highest BCUT2D eigenvalue weighted by molar-refractivity contribution is 6.00. The molecule has 0 saturated heterocycles. The smallest absolute Gasteiger partial charge is 0.229 e. The Labute approximate surface area is 185 Å². The van der Waals surface area contributed by atoms with Crippen LogP contribution in [-0.4, -0.2) is 15.0 Å². The number of hydrogen-bond acceptors (Lipinski definition) is 7. The van der Waals surface area contributed by atoms with Gasteiger partial charge in [0.2, 0.25) is 5.95 Å². The van der Waals surface area contributed by atoms with Gasteiger partial charge < -0.3 is 11.1 Å². The molecule has 0 spiro atoms. The Balaban J connectivity index is 1.83. The van der Waals surface area contributed by atoms with Gasteiger partial charge in [-0.25, -0.2) is 9.97 Å². The van der Waals surface area contributed by atoms with Crippen LogP contribution < -0.4 is 11.1 Å². The Kier molecular flexibility index (Phi) is 5.48. The molecule has 0 saturated carbocycles. The van der Waals surface area contributed by atoms with Gasteiger partial charge in [-0.2, -0.15) is 15.5 Å². The van der Waals surface area contributed by atoms with Gasteiger partial charge in [-0.1, -0.05) is 24.3 Å². The largest absolute Gasteiger partial charge is 0.383 e. The fourth-order valence-electron chi connectivity index (χ4n) is 3.75. The number of rotatable bonds is 4. The Morgan fingerprint density at radius 1 is 1.03 bits per heavy atom. The van der Waals surface area contributed by atoms with Crippen molar-refractivity contribution in [3.63, 3.8) is 0 Å². The summed E-state index contributed by atoms with van der Waals surface area (Å²) in [4.78, 5) is 13.2. The summed E-state index contributed by atoms with van der Waals surface area (Å²) in [5.74, 6) is 0.711. The van der Waals surface area contributed by atoms with Crippen LogP contribution in [0.3, 0.4) is 0 Å². The van der Waals surface area contributed by atoms with Crippen molar-refractivity contribution in [1.82, 2.24) is 15.0 Å². The first-order valence-electron chi connectivity index (χ1n) is 9.87. The minimum atomic E-state index is 0.329. The molecule has 7 nitrogen and oxygen atoms in total. The van der Waals surface area contributed by atoms with Crippen molar-refractivity contribution in [2.75, 3.05) is 11.1 Å². The first-order chi connectivity index (χ1) is 15.5. The van der Waals surface area contributed by atoms with E-state index in [1.807, 2.05) is 56.3 Å². The lowest BCUT2D eigenvalue weighted by molar-refractivity contribution is 1.20. The maximum absolute atomic E-state index is 8.92. The van der Waals surface area contributed by atoms with Gasteiger partial charge in [0.05, 0.1) is 23.5 Å². The molecule has 2 aromatic carbocycles. The lowest BCUT2D eigenvalue weighted by atomic mass is 9.92. The SMILES string of the molecule is Cc1cc(C=CC#N)cc(C)c1-c1cccc2c(N)nc(Nc3ccc(C#N)nc3)nc12. The molecule has 32 heavy (non-hydrogen) atoms. The summed E-state index contributed by atoms with van der Waals surface area (Å²) in [5.41, 5.74) is 13.1. The number of nitrogens with one attached hydrogen (secondary N) is 1. The van der Waals surface area contributed by atoms with Crippen molar-refractivity contribution in [1.29, 1.82) is 10.5 Å². The molecule has 0 aliphatic carbocycles. The number of allylic oxidation sites excluding steroid dienone is 1. The molecule has 0 fully saturated rings. The average Bonchev–Trinajstić information content (AvgIpc) is 2.78. The third-order valence-corrected chi connectivity index (χ3v) is 5.06. The first-order valence-corrected chi connectivity index (χ1v) is 9.87. The number of benzene rings is 2. The molecule has 4 rings (SSSR count). The van der Waals surface area contributed by atoms with Crippen molar-refractivity contribution in [2.45, 2.75) is 13.8 Å². The standard InChI is InChI=1S/C25H19N7/c1-15-11-17(5-4-10-26)12-16(2)22(15)20-6-3-7-21-23(20)31-25(32-24(21)28)30-19-9-8-18(13-27)29-14-19/h3-9,11-12,14H,1-2H3,(H3,28,30,31,32). The van der Waals surface area contributed by atoms with E-state index in [2.05, 4.69) is 15.3 Å². The Bertz CT molecular complexity index is 1420. The summed E-state index contributed by atoms with van der Waals surface area (Å²) in [6.07, 6.45) is 4.81. The van der Waals surface area contributed by atoms with Gasteiger partial charge in [0, 0.05) is 17.0 Å². The summed E-state index contributed by atoms with van der Waals surface area (Å²) in [6, 6.07) is 17.3. The summed E-state index contributed by atoms with van der Waals surface area (Å²) in [5, 5.41) is 21.6. The van der Waals surface area contributed by atoms with Gasteiger partial charge in [-0.05, 0) is 60.4 Å². The van der Waals surface area contributed by atoms with Crippen molar-refractivity contribution >= 4 is 34.4 Å². The van der Waals surface area contributed by atoms with Gasteiger partial charge in [-0.15, -0.1) is 0 Å². The number of fused-ring (bicyclic) bond motifs is 1. The predicted octanol–water partition coefficient (Wildman–Crippen LogP) is 5.04. The Hall–Kier alpha value is -4.75. The zero-order valence-electron chi connectivity index (χ0n) is 17.6. The second-order valence-electron chi connectivity index (χ2n) is 7.30. The number of nitrogens with zero attached hydrogens (tertiary/aromatic N) is 5. The van der Waals surface area contributed by atoms with Crippen LogP contribution in [0, 0.1) is 36.5 Å². The molecule has 4 aromatic rings. The van der Waals surface area contributed by atoms with Gasteiger partial charge in [0.25, 0.3) is 0 Å². The van der Waals surface area contributed by atoms with Gasteiger partial charge in [0.1, 0.15) is 17.6 Å². The van der Waals surface area contributed by atoms with Crippen molar-refractivity contribution in [2.24, 2.45) is 0 Å². The van der Waals surface area contributed by atoms with E-state index in [-0.39, 0.29) is 0 Å². The minimum absolute atomic E-state index is 0.329. The van der Waals surface area contributed by atoms with Gasteiger partial charge >= 0.3 is 0 Å². The van der Waals surface area contributed by atoms with E-state index in [9.17, 15) is 0 Å². The van der Waals surface area contributed by atoms with Crippen LogP contribution in [0.1, 0.15) is 22.4 Å². The molecule has 3 N–H and O–H groups in total. The highest BCUT2D eigenvalue weighted by Crippen LogP contribution is 2.35. The van der Waals surface area contributed by atoms with Crippen molar-refractivity contribution < 1.29 is 0 Å². The summed E-state index contributed by atoms with van der Waals surface area (Å²) in [6.45, 7) is 4.08. The average molecular weight is 417 g/mol. The molecule has 0 amide bonds. The van der Waals surface area contributed by atoms with E-state index in [4.69, 9.17) is 21.2 Å². The van der Waals surface area contributed by atoms with E-state index in [1.165, 1.54) is 6.08 Å². The molecule has 0 aliphatic rings. The van der Waals surface area contributed by atoms with Gasteiger partial charge in [-0.3, -0.25) is 0 Å². The lowest BCUT2D eigenvalue weighted by Gasteiger charge is -2.15. The van der Waals surface area contributed by atoms with Crippen LogP contribution in [0.15, 0.2) is 54.7 Å². The van der Waals surface area contributed by atoms with Crippen LogP contribution in [-0.2, 0) is 0 Å². The fraction of sp³-hybridized carbons (Fsp3) is 0.0800. The highest BCUT2D eigenvalue weighted by atomic mass is 15.1. The Morgan fingerprint density at radius 3 is 2.47 bits per heavy atom. The summed E-state index contributed by atoms with van der Waals surface area (Å²) in [7, 11) is 0. The summed E-state index contributed by atoms with van der Waals surface area (Å²) >= 11 is 0. The first kappa shape index (κ1) is 20.5. The molecule has 7 heteroatoms. The lowest BCUT2D eigenvalue weighted by Crippen LogP contribution is -2.03. The molecule has 0 unspecified atom stereocenters. The molecule has 0 bridgehead atoms. The molecule has 0 aliphatic heterocycles. The molecular formula is C25H19N7. The van der Waals surface area contributed by atoms with Crippen molar-refractivity contribution in [3.05, 3.63) is 77.1 Å². The fourth-order valence-corrected chi connectivity index (χ4v) is 3.75. The number of aromatic nitrogens is 3. The second kappa shape index (κ2) is 8.55. The van der Waals surface area contributed by atoms with E-state index in [0.717, 1.165) is 38.7 Å². The molecule has 0 radical (unpaired) electrons. The number of nitrogens with two attached hydrogens (primary N) is 1. The monoisotopic (exact) mass is 417 g/mol. The number of hydrogen-bond donors (Lipinski definition) is 2. The second-order valence-corrected chi connectivity index (χ2v) is 7.30. The molecule has 2 heterocycles. The molecule has 0 atom stereocenters. The van der Waals surface area contributed by atoms with Crippen LogP contribution >= 0.6 is 0 Å². The van der Waals surface area contributed by atoms with E-state index in [0.29, 0.717) is 23.1 Å². The number of nitrogen functional groups attached to an aromatic ring is 1. The third-order valence-electron chi connectivity index (χ3n) is 5.06. The Morgan fingerprint density at radius 2 is 1.81 bits per heavy atom. The maximum Gasteiger partial charge on any atom is 0.229 e. The highest BCUT2D eigenvalue weighted by Gasteiger charge is 2.15. The van der Waals surface area contributed by atoms with Crippen LogP contribution in [0.25, 0.3) is 28.1 Å². The van der Waals surface area contributed by atoms with E-state index in [1.54, 1.807) is 24.4 Å². The van der Waals surface area contributed by atoms with Gasteiger partial charge in [0.15, 0.2) is 0 Å². The minimum Gasteiger partial charge on any atom is -0.383 e. The zero-order valence-corrected chi connectivity index (χ0v) is 17.6. The number of anilines is 3. The van der Waals surface area contributed by atoms with Crippen LogP contribution in [0.2, 0.25) is 0 Å². The van der Waals surface area contributed by atoms with E-state index < -0.39 is 0 Å². The number of nitriles is 2.